The monoisotopic (exact) mass is 295 g/mol. The molecule has 5 heteroatoms. The Bertz CT molecular complexity index is 664. The zero-order chi connectivity index (χ0) is 15.8. The Kier molecular flexibility index (Phi) is 5.45. The maximum absolute atomic E-state index is 11.7. The van der Waals surface area contributed by atoms with Gasteiger partial charge in [-0.05, 0) is 29.3 Å². The third-order valence-electron chi connectivity index (χ3n) is 3.04. The maximum Gasteiger partial charge on any atom is 0.265 e. The van der Waals surface area contributed by atoms with Crippen LogP contribution in [0.1, 0.15) is 21.5 Å². The van der Waals surface area contributed by atoms with Crippen molar-refractivity contribution >= 4 is 17.9 Å². The molecule has 0 unspecified atom stereocenters. The first-order chi connectivity index (χ1) is 10.7. The van der Waals surface area contributed by atoms with Gasteiger partial charge in [0.15, 0.2) is 0 Å². The molecule has 22 heavy (non-hydrogen) atoms. The van der Waals surface area contributed by atoms with Crippen molar-refractivity contribution in [1.82, 2.24) is 10.7 Å². The van der Waals surface area contributed by atoms with Crippen LogP contribution in [-0.2, 0) is 11.3 Å². The zero-order valence-corrected chi connectivity index (χ0v) is 12.0. The second kappa shape index (κ2) is 7.75. The van der Waals surface area contributed by atoms with E-state index in [1.807, 2.05) is 30.3 Å². The lowest BCUT2D eigenvalue weighted by atomic mass is 10.1. The van der Waals surface area contributed by atoms with Gasteiger partial charge in [0.1, 0.15) is 0 Å². The summed E-state index contributed by atoms with van der Waals surface area (Å²) in [7, 11) is 0. The minimum Gasteiger partial charge on any atom is -0.348 e. The molecule has 0 bridgehead atoms. The summed E-state index contributed by atoms with van der Waals surface area (Å²) < 4.78 is 0. The lowest BCUT2D eigenvalue weighted by Gasteiger charge is -2.04. The van der Waals surface area contributed by atoms with Gasteiger partial charge in [0.2, 0.25) is 5.91 Å². The lowest BCUT2D eigenvalue weighted by Crippen LogP contribution is -2.29. The highest BCUT2D eigenvalue weighted by Crippen LogP contribution is 2.04. The number of hydrazine groups is 1. The number of nitrogen functional groups attached to an aromatic ring is 1. The largest absolute Gasteiger partial charge is 0.348 e. The molecule has 2 amide bonds. The summed E-state index contributed by atoms with van der Waals surface area (Å²) in [6.07, 6.45) is 3.25. The van der Waals surface area contributed by atoms with Crippen LogP contribution in [0, 0.1) is 0 Å². The van der Waals surface area contributed by atoms with E-state index in [0.717, 1.165) is 11.1 Å². The van der Waals surface area contributed by atoms with E-state index in [0.29, 0.717) is 12.1 Å². The van der Waals surface area contributed by atoms with Crippen molar-refractivity contribution in [2.24, 2.45) is 5.84 Å². The van der Waals surface area contributed by atoms with Gasteiger partial charge >= 0.3 is 0 Å². The second-order valence-electron chi connectivity index (χ2n) is 4.63. The van der Waals surface area contributed by atoms with E-state index >= 15 is 0 Å². The Morgan fingerprint density at radius 1 is 1.00 bits per heavy atom. The first kappa shape index (κ1) is 15.5. The van der Waals surface area contributed by atoms with Crippen molar-refractivity contribution in [2.45, 2.75) is 6.54 Å². The normalized spacial score (nSPS) is 10.4. The third-order valence-corrected chi connectivity index (χ3v) is 3.04. The summed E-state index contributed by atoms with van der Waals surface area (Å²) in [5.41, 5.74) is 4.40. The smallest absolute Gasteiger partial charge is 0.265 e. The van der Waals surface area contributed by atoms with Crippen LogP contribution in [0.5, 0.6) is 0 Å². The van der Waals surface area contributed by atoms with Crippen molar-refractivity contribution in [3.63, 3.8) is 0 Å². The van der Waals surface area contributed by atoms with Gasteiger partial charge in [-0.3, -0.25) is 15.0 Å². The Morgan fingerprint density at radius 3 is 2.32 bits per heavy atom. The van der Waals surface area contributed by atoms with Crippen molar-refractivity contribution in [1.29, 1.82) is 0 Å². The first-order valence-corrected chi connectivity index (χ1v) is 6.80. The fourth-order valence-electron chi connectivity index (χ4n) is 1.84. The van der Waals surface area contributed by atoms with Gasteiger partial charge < -0.3 is 5.32 Å². The number of carbonyl (C=O) groups excluding carboxylic acids is 2. The highest BCUT2D eigenvalue weighted by atomic mass is 16.2. The molecule has 0 aliphatic heterocycles. The van der Waals surface area contributed by atoms with Gasteiger partial charge in [0.05, 0.1) is 0 Å². The topological polar surface area (TPSA) is 84.2 Å². The molecule has 0 aromatic heterocycles. The van der Waals surface area contributed by atoms with Crippen LogP contribution in [0.15, 0.2) is 60.7 Å². The molecule has 0 aliphatic carbocycles. The molecule has 0 aliphatic rings. The number of rotatable bonds is 5. The number of hydrogen-bond donors (Lipinski definition) is 3. The van der Waals surface area contributed by atoms with Crippen LogP contribution >= 0.6 is 0 Å². The minimum absolute atomic E-state index is 0.173. The van der Waals surface area contributed by atoms with Gasteiger partial charge in [-0.25, -0.2) is 5.84 Å². The molecule has 0 saturated heterocycles. The van der Waals surface area contributed by atoms with Crippen molar-refractivity contribution in [3.8, 4) is 0 Å². The van der Waals surface area contributed by atoms with Crippen molar-refractivity contribution in [2.75, 3.05) is 0 Å². The molecule has 0 heterocycles. The average molecular weight is 295 g/mol. The van der Waals surface area contributed by atoms with Crippen molar-refractivity contribution in [3.05, 3.63) is 77.4 Å². The molecule has 0 spiro atoms. The predicted octanol–water partition coefficient (Wildman–Crippen LogP) is 1.62. The molecular weight excluding hydrogens is 278 g/mol. The molecule has 112 valence electrons. The third kappa shape index (κ3) is 4.57. The fourth-order valence-corrected chi connectivity index (χ4v) is 1.84. The van der Waals surface area contributed by atoms with Crippen LogP contribution in [0.4, 0.5) is 0 Å². The molecule has 2 aromatic rings. The summed E-state index contributed by atoms with van der Waals surface area (Å²) in [5.74, 6) is 4.54. The van der Waals surface area contributed by atoms with Crippen LogP contribution in [-0.4, -0.2) is 11.8 Å². The molecule has 0 saturated carbocycles. The van der Waals surface area contributed by atoms with Gasteiger partial charge in [0, 0.05) is 18.2 Å². The predicted molar refractivity (Wildman–Crippen MR) is 85.4 cm³/mol. The van der Waals surface area contributed by atoms with Gasteiger partial charge in [-0.2, -0.15) is 0 Å². The van der Waals surface area contributed by atoms with E-state index in [9.17, 15) is 9.59 Å². The number of nitrogens with two attached hydrogens (primary N) is 1. The number of hydrogen-bond acceptors (Lipinski definition) is 3. The maximum atomic E-state index is 11.7. The average Bonchev–Trinajstić information content (AvgIpc) is 2.58. The van der Waals surface area contributed by atoms with Gasteiger partial charge in [-0.1, -0.05) is 42.5 Å². The highest BCUT2D eigenvalue weighted by molar-refractivity contribution is 5.94. The number of amides is 2. The van der Waals surface area contributed by atoms with E-state index in [2.05, 4.69) is 10.7 Å². The summed E-state index contributed by atoms with van der Waals surface area (Å²) in [4.78, 5) is 23.0. The lowest BCUT2D eigenvalue weighted by molar-refractivity contribution is -0.116. The van der Waals surface area contributed by atoms with E-state index < -0.39 is 0 Å². The van der Waals surface area contributed by atoms with Crippen LogP contribution in [0.3, 0.4) is 0 Å². The summed E-state index contributed by atoms with van der Waals surface area (Å²) in [6.45, 7) is 0.391. The summed E-state index contributed by atoms with van der Waals surface area (Å²) >= 11 is 0. The molecule has 0 radical (unpaired) electrons. The molecule has 5 nitrogen and oxygen atoms in total. The van der Waals surface area contributed by atoms with Crippen LogP contribution in [0.2, 0.25) is 0 Å². The Hall–Kier alpha value is -2.92. The van der Waals surface area contributed by atoms with E-state index in [4.69, 9.17) is 5.84 Å². The summed E-state index contributed by atoms with van der Waals surface area (Å²) in [5, 5.41) is 2.78. The van der Waals surface area contributed by atoms with E-state index in [1.54, 1.807) is 30.3 Å². The SMILES string of the molecule is NNC(=O)c1ccc(CNC(=O)C=Cc2ccccc2)cc1. The Balaban J connectivity index is 1.86. The molecule has 0 fully saturated rings. The fraction of sp³-hybridized carbons (Fsp3) is 0.0588. The molecule has 2 aromatic carbocycles. The summed E-state index contributed by atoms with van der Waals surface area (Å²) in [6, 6.07) is 16.4. The van der Waals surface area contributed by atoms with Crippen molar-refractivity contribution < 1.29 is 9.59 Å². The van der Waals surface area contributed by atoms with Gasteiger partial charge in [-0.15, -0.1) is 0 Å². The Labute approximate surface area is 128 Å². The molecule has 4 N–H and O–H groups in total. The number of nitrogens with one attached hydrogen (secondary N) is 2. The van der Waals surface area contributed by atoms with Crippen LogP contribution in [0.25, 0.3) is 6.08 Å². The first-order valence-electron chi connectivity index (χ1n) is 6.80. The van der Waals surface area contributed by atoms with E-state index in [-0.39, 0.29) is 11.8 Å². The number of benzene rings is 2. The van der Waals surface area contributed by atoms with Gasteiger partial charge in [0.25, 0.3) is 5.91 Å². The highest BCUT2D eigenvalue weighted by Gasteiger charge is 2.03. The molecular formula is C17H17N3O2. The minimum atomic E-state index is -0.346. The quantitative estimate of drug-likeness (QED) is 0.339. The van der Waals surface area contributed by atoms with E-state index in [1.165, 1.54) is 6.08 Å². The standard InChI is InChI=1S/C17H17N3O2/c18-20-17(22)15-9-6-14(7-10-15)12-19-16(21)11-8-13-4-2-1-3-5-13/h1-11H,12,18H2,(H,19,21)(H,20,22). The molecule has 2 rings (SSSR count). The second-order valence-corrected chi connectivity index (χ2v) is 4.63. The molecule has 0 atom stereocenters. The zero-order valence-electron chi connectivity index (χ0n) is 12.0. The number of carbonyl (C=O) groups is 2. The van der Waals surface area contributed by atoms with Crippen LogP contribution < -0.4 is 16.6 Å². The Morgan fingerprint density at radius 2 is 1.68 bits per heavy atom.